The average molecular weight is 1870 g/mol. The van der Waals surface area contributed by atoms with Gasteiger partial charge < -0.3 is 84.2 Å². The Balaban J connectivity index is 6.79. The van der Waals surface area contributed by atoms with Crippen LogP contribution < -0.4 is 16.0 Å². The number of amides is 5. The number of ether oxygens (including phenoxy) is 2. The van der Waals surface area contributed by atoms with Gasteiger partial charge in [-0.1, -0.05) is 177 Å². The third kappa shape index (κ3) is 67.9. The number of hydrogen-bond donors (Lipinski definition) is 3. The van der Waals surface area contributed by atoms with Crippen LogP contribution in [0.3, 0.4) is 0 Å². The Kier molecular flexibility index (Phi) is 80.6. The smallest absolute Gasteiger partial charge is 0.307 e. The van der Waals surface area contributed by atoms with Crippen LogP contribution in [0.2, 0.25) is 0 Å². The molecule has 3 N–H and O–H groups in total. The number of likely N-dealkylation sites (N-methyl/N-ethyl adjacent to an activating group) is 12. The van der Waals surface area contributed by atoms with E-state index >= 15 is 4.79 Å². The quantitative estimate of drug-likeness (QED) is 0.0377. The molecule has 0 radical (unpaired) electrons. The van der Waals surface area contributed by atoms with Crippen molar-refractivity contribution in [1.29, 1.82) is 0 Å². The molecule has 0 saturated carbocycles. The van der Waals surface area contributed by atoms with Crippen LogP contribution >= 0.6 is 0 Å². The third-order valence-electron chi connectivity index (χ3n) is 26.3. The van der Waals surface area contributed by atoms with E-state index in [0.717, 1.165) is 104 Å². The lowest BCUT2D eigenvalue weighted by Crippen LogP contribution is -2.42. The molecule has 5 amide bonds. The molecule has 0 aromatic heterocycles. The second-order valence-corrected chi connectivity index (χ2v) is 38.7. The molecule has 0 aromatic rings. The highest BCUT2D eigenvalue weighted by Gasteiger charge is 2.36. The molecule has 4 unspecified atom stereocenters. The first-order valence-electron chi connectivity index (χ1n) is 52.8. The molecule has 0 heterocycles. The number of carbonyl (C=O) groups excluding carboxylic acids is 10. The van der Waals surface area contributed by atoms with Crippen molar-refractivity contribution in [1.82, 2.24) is 84.5 Å². The Bertz CT molecular complexity index is 2910. The molecule has 0 aliphatic heterocycles. The van der Waals surface area contributed by atoms with Crippen LogP contribution in [0.15, 0.2) is 0 Å². The van der Waals surface area contributed by atoms with Crippen LogP contribution in [0.25, 0.3) is 0 Å². The molecule has 0 aromatic carbocycles. The maximum absolute atomic E-state index is 15.4. The Morgan fingerprint density at radius 2 is 0.530 bits per heavy atom. The summed E-state index contributed by atoms with van der Waals surface area (Å²) in [7, 11) is 22.3. The van der Waals surface area contributed by atoms with E-state index in [4.69, 9.17) is 9.47 Å². The van der Waals surface area contributed by atoms with E-state index in [2.05, 4.69) is 106 Å². The van der Waals surface area contributed by atoms with Crippen LogP contribution in [0, 0.1) is 23.7 Å². The number of esters is 2. The molecule has 0 rings (SSSR count). The zero-order valence-electron chi connectivity index (χ0n) is 88.8. The molecule has 0 bridgehead atoms. The number of nitrogens with one attached hydrogen (secondary N) is 3. The fourth-order valence-electron chi connectivity index (χ4n) is 16.3. The fraction of sp³-hybridized carbons (Fsp3) is 0.903. The standard InChI is InChI=1S/C103H205N17O12/c1-21-29-36-42-53-117(54-43-37-30-22-2)75-77-119(57-46-40-33-25-5)79-81-131-99(126)48-59-107(11)63-65-111(15)68-72-113(17)97(124)88-91(96(123)87-93(103(130)116(20)73-69-110(14)62-52-105-10)86-95(122)85-92(101(128)106-50-35-27-7)89-98(125)114(18)71-67-109(13)61-51-104-9)84-94(121)83-90(28-8)102(129)115(19)74-70-112(16)66-64-108(12)60-49-100(127)132-82-80-120(58-47-41-34-26-6)78-76-118(55-44-38-31-23-3)56-45-39-32-24-4/h90-93,104-105H,21-89H2,1-20H3,(H,106,128). The van der Waals surface area contributed by atoms with Gasteiger partial charge in [-0.2, -0.15) is 0 Å². The summed E-state index contributed by atoms with van der Waals surface area (Å²) in [6.45, 7) is 40.6. The normalized spacial score (nSPS) is 12.8. The van der Waals surface area contributed by atoms with Gasteiger partial charge in [0.15, 0.2) is 0 Å². The number of hydrogen-bond acceptors (Lipinski definition) is 24. The lowest BCUT2D eigenvalue weighted by molar-refractivity contribution is -0.145. The molecular formula is C103H205N17O12. The van der Waals surface area contributed by atoms with Gasteiger partial charge >= 0.3 is 11.9 Å². The molecule has 4 atom stereocenters. The van der Waals surface area contributed by atoms with E-state index in [1.54, 1.807) is 42.9 Å². The van der Waals surface area contributed by atoms with Gasteiger partial charge in [-0.15, -0.1) is 0 Å². The number of carbonyl (C=O) groups is 10. The molecule has 29 nitrogen and oxygen atoms in total. The molecule has 29 heteroatoms. The summed E-state index contributed by atoms with van der Waals surface area (Å²) in [5.41, 5.74) is 0. The zero-order valence-corrected chi connectivity index (χ0v) is 88.8. The van der Waals surface area contributed by atoms with Crippen molar-refractivity contribution in [3.63, 3.8) is 0 Å². The Morgan fingerprint density at radius 3 is 0.864 bits per heavy atom. The van der Waals surface area contributed by atoms with E-state index in [9.17, 15) is 43.2 Å². The van der Waals surface area contributed by atoms with Crippen LogP contribution in [0.4, 0.5) is 0 Å². The van der Waals surface area contributed by atoms with E-state index in [1.807, 2.05) is 70.2 Å². The van der Waals surface area contributed by atoms with Crippen molar-refractivity contribution in [2.75, 3.05) is 301 Å². The van der Waals surface area contributed by atoms with E-state index in [-0.39, 0.29) is 87.6 Å². The predicted molar refractivity (Wildman–Crippen MR) is 545 cm³/mol. The second kappa shape index (κ2) is 83.9. The minimum absolute atomic E-state index is 0.186. The van der Waals surface area contributed by atoms with Gasteiger partial charge in [-0.3, -0.25) is 57.7 Å². The molecule has 0 fully saturated rings. The topological polar surface area (TPSA) is 271 Å². The highest BCUT2D eigenvalue weighted by atomic mass is 16.5. The molecule has 774 valence electrons. The number of nitrogens with zero attached hydrogens (tertiary/aromatic N) is 14. The average Bonchev–Trinajstić information content (AvgIpc) is 0.847. The lowest BCUT2D eigenvalue weighted by atomic mass is 9.83. The summed E-state index contributed by atoms with van der Waals surface area (Å²) in [6.07, 6.45) is 29.5. The Labute approximate surface area is 807 Å². The summed E-state index contributed by atoms with van der Waals surface area (Å²) in [4.78, 5) is 173. The van der Waals surface area contributed by atoms with Gasteiger partial charge in [0.1, 0.15) is 30.6 Å². The second-order valence-electron chi connectivity index (χ2n) is 38.7. The van der Waals surface area contributed by atoms with Crippen molar-refractivity contribution in [2.24, 2.45) is 23.7 Å². The lowest BCUT2D eigenvalue weighted by Gasteiger charge is -2.28. The first kappa shape index (κ1) is 127. The van der Waals surface area contributed by atoms with Crippen LogP contribution in [-0.2, 0) is 57.4 Å². The van der Waals surface area contributed by atoms with Gasteiger partial charge in [0, 0.05) is 249 Å². The van der Waals surface area contributed by atoms with Gasteiger partial charge in [0.05, 0.1) is 24.7 Å². The summed E-state index contributed by atoms with van der Waals surface area (Å²) in [6, 6.07) is 0. The van der Waals surface area contributed by atoms with Crippen molar-refractivity contribution < 1.29 is 57.4 Å². The Hall–Kier alpha value is -5.18. The summed E-state index contributed by atoms with van der Waals surface area (Å²) >= 11 is 0. The summed E-state index contributed by atoms with van der Waals surface area (Å²) < 4.78 is 11.7. The molecule has 0 aliphatic carbocycles. The van der Waals surface area contributed by atoms with Crippen molar-refractivity contribution in [3.8, 4) is 0 Å². The minimum atomic E-state index is -1.24. The first-order chi connectivity index (χ1) is 63.4. The number of rotatable bonds is 94. The van der Waals surface area contributed by atoms with Crippen LogP contribution in [0.1, 0.15) is 287 Å². The fourth-order valence-corrected chi connectivity index (χ4v) is 16.3. The van der Waals surface area contributed by atoms with Crippen molar-refractivity contribution >= 4 is 58.8 Å². The van der Waals surface area contributed by atoms with Crippen LogP contribution in [0.5, 0.6) is 0 Å². The van der Waals surface area contributed by atoms with E-state index < -0.39 is 65.8 Å². The Morgan fingerprint density at radius 1 is 0.250 bits per heavy atom. The largest absolute Gasteiger partial charge is 0.464 e. The zero-order chi connectivity index (χ0) is 98.5. The van der Waals surface area contributed by atoms with Gasteiger partial charge in [-0.05, 0) is 147 Å². The predicted octanol–water partition coefficient (Wildman–Crippen LogP) is 11.6. The minimum Gasteiger partial charge on any atom is -0.464 e. The van der Waals surface area contributed by atoms with Gasteiger partial charge in [0.25, 0.3) is 0 Å². The van der Waals surface area contributed by atoms with Gasteiger partial charge in [-0.25, -0.2) is 0 Å². The van der Waals surface area contributed by atoms with Crippen molar-refractivity contribution in [3.05, 3.63) is 0 Å². The maximum Gasteiger partial charge on any atom is 0.307 e. The summed E-state index contributed by atoms with van der Waals surface area (Å²) in [5, 5.41) is 9.21. The number of Topliss-reactive ketones (excluding diaryl/α,β-unsaturated/α-hetero) is 3. The highest BCUT2D eigenvalue weighted by Crippen LogP contribution is 2.27. The van der Waals surface area contributed by atoms with E-state index in [1.165, 1.54) is 146 Å². The summed E-state index contributed by atoms with van der Waals surface area (Å²) in [5.74, 6) is -7.93. The monoisotopic (exact) mass is 1870 g/mol. The molecule has 132 heavy (non-hydrogen) atoms. The van der Waals surface area contributed by atoms with Gasteiger partial charge in [0.2, 0.25) is 29.5 Å². The van der Waals surface area contributed by atoms with Crippen molar-refractivity contribution in [2.45, 2.75) is 287 Å². The van der Waals surface area contributed by atoms with Crippen LogP contribution in [-0.4, -0.2) is 428 Å². The molecule has 0 aliphatic rings. The first-order valence-corrected chi connectivity index (χ1v) is 52.8. The highest BCUT2D eigenvalue weighted by molar-refractivity contribution is 5.97. The number of unbranched alkanes of at least 4 members (excludes halogenated alkanes) is 19. The molecule has 0 saturated heterocycles. The number of ketones is 3. The molecular weight excluding hydrogens is 1670 g/mol. The SMILES string of the molecule is CCCCCCN(CCCCCC)CCN(CCCCCC)CCOC(=O)CCN(C)CCN(C)CCN(C)C(=O)CC(CC(=O)CC(CC)C(=O)N(C)CCN(C)CCN(C)CCC(=O)OCCN(CCCCCC)CCN(CCCCCC)CCCCCC)C(=O)CC(CC(=O)CC(CC(=O)N(C)CCN(C)CCNC)C(=O)NCCCC)C(=O)N(C)CCN(C)CCNC. The molecule has 0 spiro atoms. The third-order valence-corrected chi connectivity index (χ3v) is 26.3. The van der Waals surface area contributed by atoms with E-state index in [0.29, 0.717) is 131 Å². The maximum atomic E-state index is 15.4.